The predicted octanol–water partition coefficient (Wildman–Crippen LogP) is 1.65. The third kappa shape index (κ3) is 5.47. The lowest BCUT2D eigenvalue weighted by atomic mass is 10.2. The molecule has 26 heavy (non-hydrogen) atoms. The predicted molar refractivity (Wildman–Crippen MR) is 89.9 cm³/mol. The minimum absolute atomic E-state index is 0.146. The van der Waals surface area contributed by atoms with Gasteiger partial charge in [0.05, 0.1) is 13.2 Å². The van der Waals surface area contributed by atoms with Crippen LogP contribution < -0.4 is 14.8 Å². The van der Waals surface area contributed by atoms with Crippen LogP contribution in [0.5, 0.6) is 11.5 Å². The zero-order valence-electron chi connectivity index (χ0n) is 14.9. The molecule has 1 heterocycles. The Morgan fingerprint density at radius 2 is 1.85 bits per heavy atom. The van der Waals surface area contributed by atoms with E-state index < -0.39 is 11.9 Å². The van der Waals surface area contributed by atoms with Gasteiger partial charge in [0.15, 0.2) is 18.1 Å². The van der Waals surface area contributed by atoms with Crippen molar-refractivity contribution in [2.45, 2.75) is 27.4 Å². The maximum atomic E-state index is 12.2. The van der Waals surface area contributed by atoms with E-state index in [-0.39, 0.29) is 19.0 Å². The molecule has 0 saturated carbocycles. The average molecular weight is 363 g/mol. The van der Waals surface area contributed by atoms with Gasteiger partial charge in [0.1, 0.15) is 6.54 Å². The van der Waals surface area contributed by atoms with Crippen molar-refractivity contribution in [3.63, 3.8) is 0 Å². The van der Waals surface area contributed by atoms with Gasteiger partial charge in [0.25, 0.3) is 11.8 Å². The van der Waals surface area contributed by atoms with E-state index in [0.29, 0.717) is 36.2 Å². The van der Waals surface area contributed by atoms with Crippen LogP contribution in [-0.4, -0.2) is 41.8 Å². The van der Waals surface area contributed by atoms with Crippen molar-refractivity contribution in [2.75, 3.05) is 19.8 Å². The van der Waals surface area contributed by atoms with E-state index in [0.717, 1.165) is 0 Å². The minimum Gasteiger partial charge on any atom is -0.490 e. The van der Waals surface area contributed by atoms with Crippen molar-refractivity contribution < 1.29 is 28.2 Å². The van der Waals surface area contributed by atoms with Crippen molar-refractivity contribution in [1.29, 1.82) is 0 Å². The van der Waals surface area contributed by atoms with E-state index >= 15 is 0 Å². The van der Waals surface area contributed by atoms with Gasteiger partial charge in [-0.05, 0) is 32.0 Å². The first-order chi connectivity index (χ1) is 12.5. The fraction of sp³-hybridized carbons (Fsp3) is 0.412. The van der Waals surface area contributed by atoms with Gasteiger partial charge in [-0.1, -0.05) is 0 Å². The maximum absolute atomic E-state index is 12.2. The van der Waals surface area contributed by atoms with E-state index in [1.807, 2.05) is 13.8 Å². The molecule has 2 rings (SSSR count). The third-order valence-corrected chi connectivity index (χ3v) is 3.12. The van der Waals surface area contributed by atoms with E-state index in [2.05, 4.69) is 15.5 Å². The number of hydrogen-bond acceptors (Lipinski definition) is 8. The number of rotatable bonds is 9. The molecule has 0 bridgehead atoms. The molecule has 0 radical (unpaired) electrons. The summed E-state index contributed by atoms with van der Waals surface area (Å²) in [6, 6.07) is 4.81. The van der Waals surface area contributed by atoms with Crippen LogP contribution in [0.1, 0.15) is 36.0 Å². The highest BCUT2D eigenvalue weighted by atomic mass is 16.5. The van der Waals surface area contributed by atoms with Crippen LogP contribution in [0.2, 0.25) is 0 Å². The quantitative estimate of drug-likeness (QED) is 0.669. The zero-order chi connectivity index (χ0) is 18.9. The summed E-state index contributed by atoms with van der Waals surface area (Å²) >= 11 is 0. The topological polar surface area (TPSA) is 113 Å². The Morgan fingerprint density at radius 3 is 2.50 bits per heavy atom. The molecule has 0 atom stereocenters. The lowest BCUT2D eigenvalue weighted by Crippen LogP contribution is -2.30. The second-order valence-electron chi connectivity index (χ2n) is 5.09. The van der Waals surface area contributed by atoms with Gasteiger partial charge in [0, 0.05) is 12.5 Å². The van der Waals surface area contributed by atoms with Gasteiger partial charge in [-0.3, -0.25) is 9.59 Å². The summed E-state index contributed by atoms with van der Waals surface area (Å²) in [6.45, 7) is 5.81. The van der Waals surface area contributed by atoms with Crippen LogP contribution in [0, 0.1) is 6.92 Å². The normalized spacial score (nSPS) is 10.3. The second-order valence-corrected chi connectivity index (χ2v) is 5.09. The third-order valence-electron chi connectivity index (χ3n) is 3.12. The van der Waals surface area contributed by atoms with E-state index in [9.17, 15) is 9.59 Å². The first-order valence-electron chi connectivity index (χ1n) is 8.16. The molecule has 9 heteroatoms. The first-order valence-corrected chi connectivity index (χ1v) is 8.16. The van der Waals surface area contributed by atoms with Gasteiger partial charge < -0.3 is 23.9 Å². The maximum Gasteiger partial charge on any atom is 0.325 e. The molecule has 0 spiro atoms. The van der Waals surface area contributed by atoms with Crippen LogP contribution in [0.15, 0.2) is 22.6 Å². The Labute approximate surface area is 150 Å². The monoisotopic (exact) mass is 363 g/mol. The lowest BCUT2D eigenvalue weighted by Gasteiger charge is -2.12. The lowest BCUT2D eigenvalue weighted by molar-refractivity contribution is -0.144. The fourth-order valence-corrected chi connectivity index (χ4v) is 2.04. The molecule has 0 fully saturated rings. The number of hydrogen-bond donors (Lipinski definition) is 1. The average Bonchev–Trinajstić information content (AvgIpc) is 3.05. The van der Waals surface area contributed by atoms with Crippen LogP contribution >= 0.6 is 0 Å². The molecule has 0 aliphatic rings. The number of nitrogens with zero attached hydrogens (tertiary/aromatic N) is 2. The highest BCUT2D eigenvalue weighted by Gasteiger charge is 2.14. The Balaban J connectivity index is 1.88. The van der Waals surface area contributed by atoms with Crippen molar-refractivity contribution in [2.24, 2.45) is 0 Å². The van der Waals surface area contributed by atoms with Crippen molar-refractivity contribution in [1.82, 2.24) is 15.5 Å². The van der Waals surface area contributed by atoms with E-state index in [1.54, 1.807) is 25.1 Å². The van der Waals surface area contributed by atoms with Crippen molar-refractivity contribution in [3.05, 3.63) is 35.5 Å². The number of nitrogens with one attached hydrogen (secondary N) is 1. The van der Waals surface area contributed by atoms with E-state index in [4.69, 9.17) is 18.6 Å². The Bertz CT molecular complexity index is 759. The number of ether oxygens (including phenoxy) is 3. The molecule has 2 aromatic rings. The summed E-state index contributed by atoms with van der Waals surface area (Å²) in [5.41, 5.74) is 0.345. The molecule has 1 amide bonds. The van der Waals surface area contributed by atoms with Gasteiger partial charge in [0.2, 0.25) is 5.89 Å². The number of esters is 1. The highest BCUT2D eigenvalue weighted by Crippen LogP contribution is 2.28. The number of carbonyl (C=O) groups excluding carboxylic acids is 2. The van der Waals surface area contributed by atoms with Crippen molar-refractivity contribution >= 4 is 11.9 Å². The highest BCUT2D eigenvalue weighted by molar-refractivity contribution is 5.96. The summed E-state index contributed by atoms with van der Waals surface area (Å²) in [6.07, 6.45) is 0. The van der Waals surface area contributed by atoms with Crippen LogP contribution in [0.3, 0.4) is 0 Å². The molecule has 0 saturated heterocycles. The molecule has 1 aromatic carbocycles. The van der Waals surface area contributed by atoms with Gasteiger partial charge in [-0.25, -0.2) is 0 Å². The molecule has 0 unspecified atom stereocenters. The van der Waals surface area contributed by atoms with Crippen molar-refractivity contribution in [3.8, 4) is 11.5 Å². The molecule has 9 nitrogen and oxygen atoms in total. The Hall–Kier alpha value is -3.10. The minimum atomic E-state index is -0.620. The summed E-state index contributed by atoms with van der Waals surface area (Å²) in [4.78, 5) is 23.9. The van der Waals surface area contributed by atoms with E-state index in [1.165, 1.54) is 0 Å². The summed E-state index contributed by atoms with van der Waals surface area (Å²) < 4.78 is 21.0. The second kappa shape index (κ2) is 9.40. The van der Waals surface area contributed by atoms with Gasteiger partial charge in [-0.15, -0.1) is 10.2 Å². The van der Waals surface area contributed by atoms with Crippen LogP contribution in [0.4, 0.5) is 0 Å². The Kier molecular flexibility index (Phi) is 6.95. The standard InChI is InChI=1S/C17H21N3O6/c1-4-23-13-7-6-12(8-14(13)24-5-2)17(22)18-9-16(21)25-10-15-20-19-11(3)26-15/h6-8H,4-5,9-10H2,1-3H3,(H,18,22). The Morgan fingerprint density at radius 1 is 1.12 bits per heavy atom. The molecule has 0 aliphatic carbocycles. The van der Waals surface area contributed by atoms with Gasteiger partial charge in [-0.2, -0.15) is 0 Å². The number of aryl methyl sites for hydroxylation is 1. The van der Waals surface area contributed by atoms with Crippen LogP contribution in [0.25, 0.3) is 0 Å². The molecule has 0 aliphatic heterocycles. The molecular weight excluding hydrogens is 342 g/mol. The smallest absolute Gasteiger partial charge is 0.325 e. The van der Waals surface area contributed by atoms with Gasteiger partial charge >= 0.3 is 5.97 Å². The molecule has 1 aromatic heterocycles. The summed E-state index contributed by atoms with van der Waals surface area (Å²) in [5, 5.41) is 9.81. The molecule has 140 valence electrons. The van der Waals surface area contributed by atoms with Crippen LogP contribution in [-0.2, 0) is 16.1 Å². The number of benzene rings is 1. The SMILES string of the molecule is CCOc1ccc(C(=O)NCC(=O)OCc2nnc(C)o2)cc1OCC. The molecule has 1 N–H and O–H groups in total. The largest absolute Gasteiger partial charge is 0.490 e. The number of amides is 1. The molecular formula is C17H21N3O6. The first kappa shape index (κ1) is 19.2. The number of aromatic nitrogens is 2. The fourth-order valence-electron chi connectivity index (χ4n) is 2.04. The summed E-state index contributed by atoms with van der Waals surface area (Å²) in [5.74, 6) is 0.543. The number of carbonyl (C=O) groups is 2. The zero-order valence-corrected chi connectivity index (χ0v) is 14.9. The summed E-state index contributed by atoms with van der Waals surface area (Å²) in [7, 11) is 0.